The summed E-state index contributed by atoms with van der Waals surface area (Å²) < 4.78 is 11.6. The maximum absolute atomic E-state index is 12.2. The minimum atomic E-state index is -0.280. The van der Waals surface area contributed by atoms with Gasteiger partial charge in [-0.3, -0.25) is 9.59 Å². The highest BCUT2D eigenvalue weighted by Crippen LogP contribution is 2.22. The molecule has 2 heterocycles. The van der Waals surface area contributed by atoms with E-state index in [2.05, 4.69) is 5.32 Å². The number of carbonyl (C=O) groups is 2. The monoisotopic (exact) mass is 346 g/mol. The summed E-state index contributed by atoms with van der Waals surface area (Å²) in [7, 11) is 3.35. The highest BCUT2D eigenvalue weighted by Gasteiger charge is 2.29. The summed E-state index contributed by atoms with van der Waals surface area (Å²) in [6, 6.07) is 3.08. The van der Waals surface area contributed by atoms with Crippen molar-refractivity contribution >= 4 is 34.8 Å². The number of carbonyl (C=O) groups excluding carboxylic acids is 2. The summed E-state index contributed by atoms with van der Waals surface area (Å²) in [5.74, 6) is -0.318. The molecule has 1 aliphatic heterocycles. The summed E-state index contributed by atoms with van der Waals surface area (Å²) in [5.41, 5.74) is 0. The van der Waals surface area contributed by atoms with Crippen LogP contribution in [0.5, 0.6) is 0 Å². The summed E-state index contributed by atoms with van der Waals surface area (Å²) in [4.78, 5) is 25.8. The Morgan fingerprint density at radius 2 is 2.27 bits per heavy atom. The van der Waals surface area contributed by atoms with Crippen molar-refractivity contribution < 1.29 is 19.1 Å². The highest BCUT2D eigenvalue weighted by molar-refractivity contribution is 7.17. The van der Waals surface area contributed by atoms with E-state index in [1.807, 2.05) is 0 Å². The number of likely N-dealkylation sites (N-methyl/N-ethyl adjacent to an activating group) is 1. The van der Waals surface area contributed by atoms with Crippen LogP contribution in [0, 0.1) is 0 Å². The SMILES string of the molecule is CN(C)C(=O)CO[C@H]1CCOC[C@H]1NC(=O)c1ccc(Cl)s1. The summed E-state index contributed by atoms with van der Waals surface area (Å²) in [6.45, 7) is 0.915. The minimum absolute atomic E-state index is 0.00509. The van der Waals surface area contributed by atoms with E-state index in [-0.39, 0.29) is 30.6 Å². The zero-order chi connectivity index (χ0) is 16.1. The first-order chi connectivity index (χ1) is 10.5. The van der Waals surface area contributed by atoms with E-state index in [0.717, 1.165) is 0 Å². The standard InChI is InChI=1S/C14H19ClN2O4S/c1-17(2)13(18)8-21-10-5-6-20-7-9(10)16-14(19)11-3-4-12(15)22-11/h3-4,9-10H,5-8H2,1-2H3,(H,16,19)/t9-,10+/m1/s1. The number of halogens is 1. The lowest BCUT2D eigenvalue weighted by atomic mass is 10.1. The number of hydrogen-bond acceptors (Lipinski definition) is 5. The molecule has 8 heteroatoms. The van der Waals surface area contributed by atoms with Crippen molar-refractivity contribution in [1.82, 2.24) is 10.2 Å². The Morgan fingerprint density at radius 3 is 2.91 bits per heavy atom. The molecule has 2 amide bonds. The van der Waals surface area contributed by atoms with E-state index in [4.69, 9.17) is 21.1 Å². The first-order valence-corrected chi connectivity index (χ1v) is 8.12. The molecule has 0 unspecified atom stereocenters. The van der Waals surface area contributed by atoms with Crippen LogP contribution < -0.4 is 5.32 Å². The van der Waals surface area contributed by atoms with Crippen molar-refractivity contribution in [2.45, 2.75) is 18.6 Å². The Hall–Kier alpha value is -1.15. The quantitative estimate of drug-likeness (QED) is 0.875. The maximum Gasteiger partial charge on any atom is 0.261 e. The first-order valence-electron chi connectivity index (χ1n) is 6.93. The van der Waals surface area contributed by atoms with Crippen LogP contribution >= 0.6 is 22.9 Å². The third kappa shape index (κ3) is 4.67. The van der Waals surface area contributed by atoms with Gasteiger partial charge in [0.05, 0.1) is 28.0 Å². The molecule has 0 aliphatic carbocycles. The van der Waals surface area contributed by atoms with Crippen LogP contribution in [-0.4, -0.2) is 62.8 Å². The zero-order valence-corrected chi connectivity index (χ0v) is 14.1. The fraction of sp³-hybridized carbons (Fsp3) is 0.571. The number of ether oxygens (including phenoxy) is 2. The van der Waals surface area contributed by atoms with Crippen LogP contribution in [0.25, 0.3) is 0 Å². The molecule has 2 atom stereocenters. The van der Waals surface area contributed by atoms with Gasteiger partial charge < -0.3 is 19.7 Å². The molecule has 1 saturated heterocycles. The minimum Gasteiger partial charge on any atom is -0.379 e. The van der Waals surface area contributed by atoms with Crippen LogP contribution in [-0.2, 0) is 14.3 Å². The number of thiophene rings is 1. The number of hydrogen-bond donors (Lipinski definition) is 1. The van der Waals surface area contributed by atoms with Crippen LogP contribution in [0.15, 0.2) is 12.1 Å². The average molecular weight is 347 g/mol. The molecule has 0 radical (unpaired) electrons. The predicted octanol–water partition coefficient (Wildman–Crippen LogP) is 1.39. The van der Waals surface area contributed by atoms with Crippen molar-refractivity contribution in [2.24, 2.45) is 0 Å². The van der Waals surface area contributed by atoms with Crippen molar-refractivity contribution in [3.8, 4) is 0 Å². The van der Waals surface area contributed by atoms with E-state index < -0.39 is 0 Å². The summed E-state index contributed by atoms with van der Waals surface area (Å²) >= 11 is 7.06. The molecule has 6 nitrogen and oxygen atoms in total. The van der Waals surface area contributed by atoms with Gasteiger partial charge in [-0.2, -0.15) is 0 Å². The van der Waals surface area contributed by atoms with E-state index >= 15 is 0 Å². The van der Waals surface area contributed by atoms with Crippen LogP contribution in [0.2, 0.25) is 4.34 Å². The molecule has 0 aromatic carbocycles. The van der Waals surface area contributed by atoms with Gasteiger partial charge in [-0.1, -0.05) is 11.6 Å². The third-order valence-electron chi connectivity index (χ3n) is 3.33. The molecule has 1 aromatic rings. The van der Waals surface area contributed by atoms with Crippen molar-refractivity contribution in [1.29, 1.82) is 0 Å². The van der Waals surface area contributed by atoms with Crippen molar-refractivity contribution in [3.63, 3.8) is 0 Å². The van der Waals surface area contributed by atoms with E-state index in [1.165, 1.54) is 16.2 Å². The van der Waals surface area contributed by atoms with Gasteiger partial charge >= 0.3 is 0 Å². The van der Waals surface area contributed by atoms with Crippen LogP contribution in [0.4, 0.5) is 0 Å². The normalized spacial score (nSPS) is 21.4. The van der Waals surface area contributed by atoms with Crippen molar-refractivity contribution in [3.05, 3.63) is 21.3 Å². The number of nitrogens with zero attached hydrogens (tertiary/aromatic N) is 1. The third-order valence-corrected chi connectivity index (χ3v) is 4.56. The topological polar surface area (TPSA) is 67.9 Å². The molecule has 1 N–H and O–H groups in total. The lowest BCUT2D eigenvalue weighted by Gasteiger charge is -2.32. The van der Waals surface area contributed by atoms with Gasteiger partial charge in [-0.05, 0) is 18.6 Å². The molecular weight excluding hydrogens is 328 g/mol. The molecular formula is C14H19ClN2O4S. The number of amides is 2. The van der Waals surface area contributed by atoms with Gasteiger partial charge in [0.15, 0.2) is 0 Å². The summed E-state index contributed by atoms with van der Waals surface area (Å²) in [5, 5.41) is 2.89. The Bertz CT molecular complexity index is 535. The fourth-order valence-electron chi connectivity index (χ4n) is 2.04. The molecule has 1 aliphatic rings. The van der Waals surface area contributed by atoms with Gasteiger partial charge in [0.25, 0.3) is 5.91 Å². The maximum atomic E-state index is 12.2. The zero-order valence-electron chi connectivity index (χ0n) is 12.5. The van der Waals surface area contributed by atoms with Gasteiger partial charge in [-0.15, -0.1) is 11.3 Å². The molecule has 122 valence electrons. The van der Waals surface area contributed by atoms with Crippen LogP contribution in [0.3, 0.4) is 0 Å². The summed E-state index contributed by atoms with van der Waals surface area (Å²) in [6.07, 6.45) is 0.397. The molecule has 0 saturated carbocycles. The molecule has 0 bridgehead atoms. The smallest absolute Gasteiger partial charge is 0.261 e. The average Bonchev–Trinajstić information content (AvgIpc) is 2.92. The largest absolute Gasteiger partial charge is 0.379 e. The number of nitrogens with one attached hydrogen (secondary N) is 1. The van der Waals surface area contributed by atoms with Crippen molar-refractivity contribution in [2.75, 3.05) is 33.9 Å². The number of rotatable bonds is 5. The predicted molar refractivity (Wildman–Crippen MR) is 84.5 cm³/mol. The molecule has 0 spiro atoms. The second kappa shape index (κ2) is 7.92. The van der Waals surface area contributed by atoms with Gasteiger partial charge in [0, 0.05) is 20.7 Å². The highest BCUT2D eigenvalue weighted by atomic mass is 35.5. The van der Waals surface area contributed by atoms with E-state index in [1.54, 1.807) is 26.2 Å². The van der Waals surface area contributed by atoms with Gasteiger partial charge in [0.1, 0.15) is 6.61 Å². The Labute approximate surface area is 138 Å². The second-order valence-corrected chi connectivity index (χ2v) is 6.90. The first kappa shape index (κ1) is 17.2. The Balaban J connectivity index is 1.91. The Morgan fingerprint density at radius 1 is 1.50 bits per heavy atom. The molecule has 22 heavy (non-hydrogen) atoms. The molecule has 1 fully saturated rings. The van der Waals surface area contributed by atoms with E-state index in [9.17, 15) is 9.59 Å². The van der Waals surface area contributed by atoms with E-state index in [0.29, 0.717) is 28.8 Å². The van der Waals surface area contributed by atoms with Gasteiger partial charge in [-0.25, -0.2) is 0 Å². The molecule has 2 rings (SSSR count). The molecule has 1 aromatic heterocycles. The second-order valence-electron chi connectivity index (χ2n) is 5.18. The fourth-order valence-corrected chi connectivity index (χ4v) is 2.98. The lowest BCUT2D eigenvalue weighted by molar-refractivity contribution is -0.138. The lowest BCUT2D eigenvalue weighted by Crippen LogP contribution is -2.51. The Kier molecular flexibility index (Phi) is 6.19. The van der Waals surface area contributed by atoms with Crippen LogP contribution in [0.1, 0.15) is 16.1 Å². The van der Waals surface area contributed by atoms with Gasteiger partial charge in [0.2, 0.25) is 5.91 Å².